The van der Waals surface area contributed by atoms with Crippen LogP contribution in [-0.2, 0) is 0 Å². The van der Waals surface area contributed by atoms with E-state index in [1.165, 1.54) is 0 Å². The van der Waals surface area contributed by atoms with Gasteiger partial charge >= 0.3 is 18.0 Å². The molecule has 0 fully saturated rings. The van der Waals surface area contributed by atoms with Crippen LogP contribution in [0.1, 0.15) is 11.7 Å². The molecule has 0 bridgehead atoms. The van der Waals surface area contributed by atoms with Crippen LogP contribution in [0.2, 0.25) is 0 Å². The van der Waals surface area contributed by atoms with Gasteiger partial charge in [-0.3, -0.25) is 0 Å². The molecule has 1 rings (SSSR count). The molecule has 0 aromatic heterocycles. The molecule has 0 saturated carbocycles. The third-order valence-electron chi connectivity index (χ3n) is 2.30. The van der Waals surface area contributed by atoms with E-state index >= 15 is 0 Å². The maximum Gasteiger partial charge on any atom is 0.459 e. The molecule has 108 valence electrons. The summed E-state index contributed by atoms with van der Waals surface area (Å²) in [6, 6.07) is 2.06. The van der Waals surface area contributed by atoms with E-state index in [4.69, 9.17) is 5.11 Å². The number of aliphatic hydroxyl groups excluding tert-OH is 1. The maximum absolute atomic E-state index is 13.1. The molecule has 0 saturated heterocycles. The lowest BCUT2D eigenvalue weighted by atomic mass is 9.98. The number of hydrogen-bond donors (Lipinski definition) is 1. The van der Waals surface area contributed by atoms with Gasteiger partial charge in [0.05, 0.1) is 0 Å². The van der Waals surface area contributed by atoms with Crippen molar-refractivity contribution in [3.8, 4) is 0 Å². The van der Waals surface area contributed by atoms with Crippen molar-refractivity contribution >= 4 is 0 Å². The Labute approximate surface area is 101 Å². The lowest BCUT2D eigenvalue weighted by molar-refractivity contribution is -0.372. The molecule has 0 heterocycles. The largest absolute Gasteiger partial charge is 0.459 e. The molecule has 0 spiro atoms. The predicted molar refractivity (Wildman–Crippen MR) is 47.3 cm³/mol. The lowest BCUT2D eigenvalue weighted by Crippen LogP contribution is -2.54. The van der Waals surface area contributed by atoms with Gasteiger partial charge in [0.1, 0.15) is 11.9 Å². The van der Waals surface area contributed by atoms with Crippen molar-refractivity contribution in [1.29, 1.82) is 0 Å². The van der Waals surface area contributed by atoms with Gasteiger partial charge in [-0.1, -0.05) is 12.1 Å². The Bertz CT molecular complexity index is 436. The molecule has 1 N–H and O–H groups in total. The van der Waals surface area contributed by atoms with Crippen LogP contribution < -0.4 is 0 Å². The average molecular weight is 294 g/mol. The van der Waals surface area contributed by atoms with Crippen molar-refractivity contribution in [2.24, 2.45) is 0 Å². The van der Waals surface area contributed by atoms with Crippen molar-refractivity contribution in [2.45, 2.75) is 24.1 Å². The van der Waals surface area contributed by atoms with E-state index in [0.717, 1.165) is 0 Å². The van der Waals surface area contributed by atoms with Gasteiger partial charge in [-0.25, -0.2) is 4.39 Å². The topological polar surface area (TPSA) is 20.2 Å². The number of alkyl halides is 7. The highest BCUT2D eigenvalue weighted by Crippen LogP contribution is 2.51. The van der Waals surface area contributed by atoms with Gasteiger partial charge in [0.15, 0.2) is 0 Å². The molecule has 1 atom stereocenters. The van der Waals surface area contributed by atoms with Crippen LogP contribution in [-0.4, -0.2) is 23.1 Å². The van der Waals surface area contributed by atoms with E-state index in [-0.39, 0.29) is 0 Å². The predicted octanol–water partition coefficient (Wildman–Crippen LogP) is 3.69. The standard InChI is InChI=1S/C10H6F8O/c11-6-3-1-5(2-4-6)7(19)8(12,13)9(14,15)10(16,17)18/h1-4,7,19H. The van der Waals surface area contributed by atoms with Crippen molar-refractivity contribution in [3.05, 3.63) is 35.6 Å². The van der Waals surface area contributed by atoms with Crippen LogP contribution in [0, 0.1) is 5.82 Å². The van der Waals surface area contributed by atoms with Crippen LogP contribution in [0.4, 0.5) is 35.1 Å². The zero-order chi connectivity index (χ0) is 15.1. The van der Waals surface area contributed by atoms with Gasteiger partial charge in [-0.15, -0.1) is 0 Å². The molecule has 0 amide bonds. The Kier molecular flexibility index (Phi) is 3.81. The van der Waals surface area contributed by atoms with Gasteiger partial charge in [-0.05, 0) is 17.7 Å². The van der Waals surface area contributed by atoms with Crippen LogP contribution in [0.5, 0.6) is 0 Å². The summed E-state index contributed by atoms with van der Waals surface area (Å²) >= 11 is 0. The Morgan fingerprint density at radius 1 is 0.842 bits per heavy atom. The third-order valence-corrected chi connectivity index (χ3v) is 2.30. The number of hydrogen-bond acceptors (Lipinski definition) is 1. The first-order valence-electron chi connectivity index (χ1n) is 4.67. The highest BCUT2D eigenvalue weighted by Gasteiger charge is 2.75. The van der Waals surface area contributed by atoms with Crippen LogP contribution in [0.25, 0.3) is 0 Å². The summed E-state index contributed by atoms with van der Waals surface area (Å²) in [5, 5.41) is 8.99. The molecular weight excluding hydrogens is 288 g/mol. The summed E-state index contributed by atoms with van der Waals surface area (Å²) in [5.74, 6) is -13.1. The fourth-order valence-electron chi connectivity index (χ4n) is 1.22. The fraction of sp³-hybridized carbons (Fsp3) is 0.400. The minimum Gasteiger partial charge on any atom is -0.382 e. The third kappa shape index (κ3) is 2.65. The van der Waals surface area contributed by atoms with E-state index in [0.29, 0.717) is 24.3 Å². The summed E-state index contributed by atoms with van der Waals surface area (Å²) in [5.41, 5.74) is -0.963. The SMILES string of the molecule is OC(c1ccc(F)cc1)C(F)(F)C(F)(F)C(F)(F)F. The quantitative estimate of drug-likeness (QED) is 0.843. The van der Waals surface area contributed by atoms with E-state index in [2.05, 4.69) is 0 Å². The molecule has 0 aliphatic carbocycles. The Hall–Kier alpha value is -1.38. The van der Waals surface area contributed by atoms with Gasteiger partial charge in [0, 0.05) is 0 Å². The zero-order valence-corrected chi connectivity index (χ0v) is 8.86. The van der Waals surface area contributed by atoms with E-state index in [1.54, 1.807) is 0 Å². The molecule has 9 heteroatoms. The van der Waals surface area contributed by atoms with Crippen molar-refractivity contribution < 1.29 is 40.2 Å². The molecule has 1 nitrogen and oxygen atoms in total. The summed E-state index contributed by atoms with van der Waals surface area (Å²) in [6.07, 6.45) is -9.96. The van der Waals surface area contributed by atoms with Gasteiger partial charge < -0.3 is 5.11 Å². The first kappa shape index (κ1) is 15.7. The fourth-order valence-corrected chi connectivity index (χ4v) is 1.22. The molecule has 1 aromatic carbocycles. The number of halogens is 8. The molecule has 0 aliphatic rings. The highest BCUT2D eigenvalue weighted by molar-refractivity contribution is 5.21. The van der Waals surface area contributed by atoms with Gasteiger partial charge in [0.25, 0.3) is 0 Å². The van der Waals surface area contributed by atoms with Crippen LogP contribution in [0.3, 0.4) is 0 Å². The normalized spacial score (nSPS) is 15.4. The molecule has 0 radical (unpaired) electrons. The molecule has 19 heavy (non-hydrogen) atoms. The van der Waals surface area contributed by atoms with E-state index in [1.807, 2.05) is 0 Å². The monoisotopic (exact) mass is 294 g/mol. The Morgan fingerprint density at radius 2 is 1.26 bits per heavy atom. The second kappa shape index (κ2) is 4.62. The zero-order valence-electron chi connectivity index (χ0n) is 8.86. The summed E-state index contributed by atoms with van der Waals surface area (Å²) in [6.45, 7) is 0. The van der Waals surface area contributed by atoms with Crippen LogP contribution in [0.15, 0.2) is 24.3 Å². The van der Waals surface area contributed by atoms with Gasteiger partial charge in [0.2, 0.25) is 0 Å². The Balaban J connectivity index is 3.16. The highest BCUT2D eigenvalue weighted by atomic mass is 19.4. The summed E-state index contributed by atoms with van der Waals surface area (Å²) in [7, 11) is 0. The number of aliphatic hydroxyl groups is 1. The smallest absolute Gasteiger partial charge is 0.382 e. The van der Waals surface area contributed by atoms with Crippen molar-refractivity contribution in [3.63, 3.8) is 0 Å². The summed E-state index contributed by atoms with van der Waals surface area (Å²) < 4.78 is 99.4. The van der Waals surface area contributed by atoms with Crippen molar-refractivity contribution in [2.75, 3.05) is 0 Å². The molecule has 0 aliphatic heterocycles. The maximum atomic E-state index is 13.1. The molecule has 1 unspecified atom stereocenters. The van der Waals surface area contributed by atoms with E-state index < -0.39 is 35.5 Å². The minimum atomic E-state index is -6.53. The summed E-state index contributed by atoms with van der Waals surface area (Å²) in [4.78, 5) is 0. The first-order chi connectivity index (χ1) is 8.41. The molecule has 1 aromatic rings. The van der Waals surface area contributed by atoms with E-state index in [9.17, 15) is 35.1 Å². The molecular formula is C10H6F8O. The van der Waals surface area contributed by atoms with Crippen LogP contribution >= 0.6 is 0 Å². The lowest BCUT2D eigenvalue weighted by Gasteiger charge is -2.31. The number of rotatable bonds is 3. The average Bonchev–Trinajstić information content (AvgIpc) is 2.27. The Morgan fingerprint density at radius 3 is 1.63 bits per heavy atom. The second-order valence-corrected chi connectivity index (χ2v) is 3.65. The number of benzene rings is 1. The second-order valence-electron chi connectivity index (χ2n) is 3.65. The first-order valence-corrected chi connectivity index (χ1v) is 4.67. The van der Waals surface area contributed by atoms with Gasteiger partial charge in [-0.2, -0.15) is 30.7 Å². The minimum absolute atomic E-state index is 0.486. The van der Waals surface area contributed by atoms with Crippen molar-refractivity contribution in [1.82, 2.24) is 0 Å².